The van der Waals surface area contributed by atoms with E-state index in [-0.39, 0.29) is 17.5 Å². The standard InChI is InChI=1S/C24H38O3/c1-15(27-16(2)25)19-8-9-20-18-7-6-17-14-22(3,26)12-13-23(17,4)21(18)10-11-24(19,20)5/h6,15,18-21,26H,7-14H2,1-5H3. The molecule has 3 saturated carbocycles. The van der Waals surface area contributed by atoms with Gasteiger partial charge in [-0.25, -0.2) is 0 Å². The second kappa shape index (κ2) is 6.34. The van der Waals surface area contributed by atoms with Crippen molar-refractivity contribution in [2.45, 2.75) is 97.7 Å². The van der Waals surface area contributed by atoms with E-state index < -0.39 is 5.60 Å². The van der Waals surface area contributed by atoms with Gasteiger partial charge in [-0.05, 0) is 93.8 Å². The van der Waals surface area contributed by atoms with Crippen LogP contribution in [0.4, 0.5) is 0 Å². The van der Waals surface area contributed by atoms with E-state index >= 15 is 0 Å². The van der Waals surface area contributed by atoms with Crippen LogP contribution < -0.4 is 0 Å². The van der Waals surface area contributed by atoms with Gasteiger partial charge in [-0.15, -0.1) is 0 Å². The predicted octanol–water partition coefficient (Wildman–Crippen LogP) is 5.27. The molecule has 8 atom stereocenters. The molecule has 3 nitrogen and oxygen atoms in total. The van der Waals surface area contributed by atoms with Crippen molar-refractivity contribution in [3.05, 3.63) is 11.6 Å². The summed E-state index contributed by atoms with van der Waals surface area (Å²) in [5.41, 5.74) is 1.61. The van der Waals surface area contributed by atoms with Gasteiger partial charge in [-0.3, -0.25) is 4.79 Å². The highest BCUT2D eigenvalue weighted by Crippen LogP contribution is 2.67. The number of esters is 1. The Kier molecular flexibility index (Phi) is 4.57. The van der Waals surface area contributed by atoms with Crippen molar-refractivity contribution in [2.75, 3.05) is 0 Å². The summed E-state index contributed by atoms with van der Waals surface area (Å²) in [4.78, 5) is 11.5. The Bertz CT molecular complexity index is 650. The largest absolute Gasteiger partial charge is 0.463 e. The first-order valence-corrected chi connectivity index (χ1v) is 11.2. The van der Waals surface area contributed by atoms with E-state index in [2.05, 4.69) is 26.8 Å². The number of ether oxygens (including phenoxy) is 1. The van der Waals surface area contributed by atoms with Gasteiger partial charge in [0.05, 0.1) is 5.60 Å². The highest BCUT2D eigenvalue weighted by atomic mass is 16.5. The van der Waals surface area contributed by atoms with Crippen LogP contribution in [0, 0.1) is 34.5 Å². The van der Waals surface area contributed by atoms with Gasteiger partial charge in [-0.1, -0.05) is 25.5 Å². The SMILES string of the molecule is CC(=O)OC(C)C1CCC2C3CC=C4CC(C)(O)CCC4(C)C3CCC12C. The van der Waals surface area contributed by atoms with E-state index in [1.807, 2.05) is 6.92 Å². The molecule has 0 aromatic carbocycles. The van der Waals surface area contributed by atoms with Gasteiger partial charge in [0.1, 0.15) is 6.10 Å². The van der Waals surface area contributed by atoms with Crippen molar-refractivity contribution in [1.29, 1.82) is 0 Å². The highest BCUT2D eigenvalue weighted by molar-refractivity contribution is 5.66. The number of hydrogen-bond donors (Lipinski definition) is 1. The maximum Gasteiger partial charge on any atom is 0.302 e. The Morgan fingerprint density at radius 3 is 2.59 bits per heavy atom. The average Bonchev–Trinajstić information content (AvgIpc) is 2.92. The van der Waals surface area contributed by atoms with Crippen LogP contribution >= 0.6 is 0 Å². The molecule has 0 aromatic heterocycles. The number of hydrogen-bond acceptors (Lipinski definition) is 3. The Hall–Kier alpha value is -0.830. The third kappa shape index (κ3) is 2.99. The van der Waals surface area contributed by atoms with E-state index in [4.69, 9.17) is 4.74 Å². The monoisotopic (exact) mass is 374 g/mol. The van der Waals surface area contributed by atoms with Crippen LogP contribution in [-0.4, -0.2) is 22.8 Å². The lowest BCUT2D eigenvalue weighted by Crippen LogP contribution is -2.52. The van der Waals surface area contributed by atoms with Gasteiger partial charge < -0.3 is 9.84 Å². The number of rotatable bonds is 2. The second-order valence-electron chi connectivity index (χ2n) is 11.0. The minimum absolute atomic E-state index is 0.0316. The summed E-state index contributed by atoms with van der Waals surface area (Å²) >= 11 is 0. The molecule has 0 heterocycles. The van der Waals surface area contributed by atoms with Crippen molar-refractivity contribution in [2.24, 2.45) is 34.5 Å². The van der Waals surface area contributed by atoms with Crippen LogP contribution in [0.3, 0.4) is 0 Å². The molecule has 8 unspecified atom stereocenters. The molecule has 3 heteroatoms. The number of aliphatic hydroxyl groups is 1. The van der Waals surface area contributed by atoms with Crippen molar-refractivity contribution in [3.8, 4) is 0 Å². The Labute approximate surface area is 164 Å². The molecule has 27 heavy (non-hydrogen) atoms. The smallest absolute Gasteiger partial charge is 0.302 e. The van der Waals surface area contributed by atoms with E-state index in [0.717, 1.165) is 37.0 Å². The van der Waals surface area contributed by atoms with Crippen LogP contribution in [0.5, 0.6) is 0 Å². The zero-order valence-electron chi connectivity index (χ0n) is 17.9. The normalized spacial score (nSPS) is 50.1. The van der Waals surface area contributed by atoms with Gasteiger partial charge >= 0.3 is 5.97 Å². The van der Waals surface area contributed by atoms with E-state index in [1.54, 1.807) is 0 Å². The van der Waals surface area contributed by atoms with Crippen LogP contribution in [-0.2, 0) is 9.53 Å². The maximum atomic E-state index is 11.5. The topological polar surface area (TPSA) is 46.5 Å². The summed E-state index contributed by atoms with van der Waals surface area (Å²) in [7, 11) is 0. The lowest BCUT2D eigenvalue weighted by atomic mass is 9.46. The van der Waals surface area contributed by atoms with Crippen molar-refractivity contribution in [1.82, 2.24) is 0 Å². The Morgan fingerprint density at radius 1 is 1.15 bits per heavy atom. The predicted molar refractivity (Wildman–Crippen MR) is 107 cm³/mol. The zero-order chi connectivity index (χ0) is 19.6. The molecule has 0 bridgehead atoms. The summed E-state index contributed by atoms with van der Waals surface area (Å²) in [6.45, 7) is 10.6. The molecule has 152 valence electrons. The maximum absolute atomic E-state index is 11.5. The molecule has 0 amide bonds. The highest BCUT2D eigenvalue weighted by Gasteiger charge is 2.60. The summed E-state index contributed by atoms with van der Waals surface area (Å²) in [5.74, 6) is 2.62. The van der Waals surface area contributed by atoms with E-state index in [9.17, 15) is 9.90 Å². The molecule has 4 aliphatic carbocycles. The third-order valence-electron chi connectivity index (χ3n) is 9.37. The number of carbonyl (C=O) groups excluding carboxylic acids is 1. The third-order valence-corrected chi connectivity index (χ3v) is 9.37. The van der Waals surface area contributed by atoms with E-state index in [1.165, 1.54) is 44.6 Å². The van der Waals surface area contributed by atoms with Gasteiger partial charge in [0, 0.05) is 12.8 Å². The van der Waals surface area contributed by atoms with Crippen LogP contribution in [0.2, 0.25) is 0 Å². The Balaban J connectivity index is 1.59. The fourth-order valence-corrected chi connectivity index (χ4v) is 7.96. The van der Waals surface area contributed by atoms with Crippen LogP contribution in [0.1, 0.15) is 86.0 Å². The molecular formula is C24H38O3. The van der Waals surface area contributed by atoms with E-state index in [0.29, 0.717) is 11.3 Å². The molecule has 0 spiro atoms. The molecule has 3 fully saturated rings. The summed E-state index contributed by atoms with van der Waals surface area (Å²) in [6, 6.07) is 0. The average molecular weight is 375 g/mol. The number of fused-ring (bicyclic) bond motifs is 5. The first-order valence-electron chi connectivity index (χ1n) is 11.2. The quantitative estimate of drug-likeness (QED) is 0.529. The van der Waals surface area contributed by atoms with Crippen LogP contribution in [0.15, 0.2) is 11.6 Å². The molecule has 0 aromatic rings. The first kappa shape index (κ1) is 19.5. The molecule has 4 aliphatic rings. The Morgan fingerprint density at radius 2 is 1.89 bits per heavy atom. The van der Waals surface area contributed by atoms with Gasteiger partial charge in [0.2, 0.25) is 0 Å². The van der Waals surface area contributed by atoms with Gasteiger partial charge in [0.15, 0.2) is 0 Å². The second-order valence-corrected chi connectivity index (χ2v) is 11.0. The van der Waals surface area contributed by atoms with Crippen LogP contribution in [0.25, 0.3) is 0 Å². The van der Waals surface area contributed by atoms with Crippen molar-refractivity contribution < 1.29 is 14.6 Å². The van der Waals surface area contributed by atoms with Crippen molar-refractivity contribution in [3.63, 3.8) is 0 Å². The molecular weight excluding hydrogens is 336 g/mol. The minimum Gasteiger partial charge on any atom is -0.463 e. The fraction of sp³-hybridized carbons (Fsp3) is 0.875. The molecule has 4 rings (SSSR count). The minimum atomic E-state index is -0.515. The lowest BCUT2D eigenvalue weighted by molar-refractivity contribution is -0.152. The fourth-order valence-electron chi connectivity index (χ4n) is 7.96. The van der Waals surface area contributed by atoms with Gasteiger partial charge in [-0.2, -0.15) is 0 Å². The first-order chi connectivity index (χ1) is 12.6. The zero-order valence-corrected chi connectivity index (χ0v) is 17.9. The molecule has 0 aliphatic heterocycles. The van der Waals surface area contributed by atoms with Crippen molar-refractivity contribution >= 4 is 5.97 Å². The lowest BCUT2D eigenvalue weighted by Gasteiger charge is -2.59. The molecule has 1 N–H and O–H groups in total. The number of allylic oxidation sites excluding steroid dienone is 1. The summed E-state index contributed by atoms with van der Waals surface area (Å²) < 4.78 is 5.63. The summed E-state index contributed by atoms with van der Waals surface area (Å²) in [6.07, 6.45) is 11.7. The van der Waals surface area contributed by atoms with Gasteiger partial charge in [0.25, 0.3) is 0 Å². The molecule has 0 saturated heterocycles. The molecule has 0 radical (unpaired) electrons. The summed E-state index contributed by atoms with van der Waals surface area (Å²) in [5, 5.41) is 10.6. The number of carbonyl (C=O) groups is 1.